The Balaban J connectivity index is 2.38. The zero-order chi connectivity index (χ0) is 11.5. The van der Waals surface area contributed by atoms with E-state index in [1.54, 1.807) is 0 Å². The van der Waals surface area contributed by atoms with Crippen LogP contribution in [0.5, 0.6) is 0 Å². The van der Waals surface area contributed by atoms with Gasteiger partial charge in [-0.1, -0.05) is 26.7 Å². The number of hydrogen-bond donors (Lipinski definition) is 1. The first-order valence-corrected chi connectivity index (χ1v) is 7.65. The lowest BCUT2D eigenvalue weighted by Gasteiger charge is -2.20. The highest BCUT2D eigenvalue weighted by Crippen LogP contribution is 2.26. The van der Waals surface area contributed by atoms with Crippen LogP contribution in [0.15, 0.2) is 0 Å². The first-order valence-electron chi connectivity index (χ1n) is 5.83. The number of aliphatic hydroxyl groups excluding tert-OH is 1. The summed E-state index contributed by atoms with van der Waals surface area (Å²) in [6.07, 6.45) is 3.19. The summed E-state index contributed by atoms with van der Waals surface area (Å²) in [5, 5.41) is 9.91. The molecule has 0 spiro atoms. The third-order valence-corrected chi connectivity index (χ3v) is 5.03. The topological polar surface area (TPSA) is 54.4 Å². The molecule has 0 aliphatic carbocycles. The third-order valence-electron chi connectivity index (χ3n) is 3.24. The number of sulfone groups is 1. The van der Waals surface area contributed by atoms with E-state index in [9.17, 15) is 13.5 Å². The fourth-order valence-electron chi connectivity index (χ4n) is 2.34. The van der Waals surface area contributed by atoms with E-state index in [-0.39, 0.29) is 17.4 Å². The van der Waals surface area contributed by atoms with Gasteiger partial charge in [-0.2, -0.15) is 0 Å². The monoisotopic (exact) mass is 234 g/mol. The average Bonchev–Trinajstić information content (AvgIpc) is 2.46. The van der Waals surface area contributed by atoms with Crippen molar-refractivity contribution < 1.29 is 13.5 Å². The highest BCUT2D eigenvalue weighted by molar-refractivity contribution is 7.91. The molecule has 1 heterocycles. The molecule has 0 bridgehead atoms. The normalized spacial score (nSPS) is 28.9. The molecule has 0 radical (unpaired) electrons. The number of hydrogen-bond acceptors (Lipinski definition) is 3. The lowest BCUT2D eigenvalue weighted by molar-refractivity contribution is 0.0934. The molecule has 0 aromatic rings. The molecule has 1 rings (SSSR count). The number of aliphatic hydroxyl groups is 1. The van der Waals surface area contributed by atoms with E-state index in [0.29, 0.717) is 12.3 Å². The minimum atomic E-state index is -2.85. The molecule has 0 aromatic heterocycles. The predicted octanol–water partition coefficient (Wildman–Crippen LogP) is 1.61. The van der Waals surface area contributed by atoms with Gasteiger partial charge in [0.25, 0.3) is 0 Å². The highest BCUT2D eigenvalue weighted by Gasteiger charge is 2.33. The highest BCUT2D eigenvalue weighted by atomic mass is 32.2. The van der Waals surface area contributed by atoms with E-state index >= 15 is 0 Å². The lowest BCUT2D eigenvalue weighted by Crippen LogP contribution is -2.23. The van der Waals surface area contributed by atoms with Crippen LogP contribution in [0.2, 0.25) is 0 Å². The predicted molar refractivity (Wildman–Crippen MR) is 61.5 cm³/mol. The van der Waals surface area contributed by atoms with Crippen molar-refractivity contribution in [3.8, 4) is 0 Å². The quantitative estimate of drug-likeness (QED) is 0.786. The fourth-order valence-corrected chi connectivity index (χ4v) is 4.21. The molecule has 0 saturated carbocycles. The average molecular weight is 234 g/mol. The SMILES string of the molecule is CCCC(C)CC(O)C1CCS(=O)(=O)C1. The smallest absolute Gasteiger partial charge is 0.150 e. The molecule has 1 saturated heterocycles. The summed E-state index contributed by atoms with van der Waals surface area (Å²) in [6, 6.07) is 0. The van der Waals surface area contributed by atoms with Crippen LogP contribution < -0.4 is 0 Å². The summed E-state index contributed by atoms with van der Waals surface area (Å²) >= 11 is 0. The second-order valence-corrected chi connectivity index (χ2v) is 7.09. The molecule has 4 heteroatoms. The molecule has 0 aromatic carbocycles. The van der Waals surface area contributed by atoms with Gasteiger partial charge in [0.05, 0.1) is 17.6 Å². The van der Waals surface area contributed by atoms with E-state index in [1.165, 1.54) is 0 Å². The van der Waals surface area contributed by atoms with Crippen molar-refractivity contribution in [2.45, 2.75) is 45.6 Å². The lowest BCUT2D eigenvalue weighted by atomic mass is 9.91. The van der Waals surface area contributed by atoms with Crippen LogP contribution in [-0.4, -0.2) is 31.1 Å². The maximum Gasteiger partial charge on any atom is 0.150 e. The van der Waals surface area contributed by atoms with E-state index in [4.69, 9.17) is 0 Å². The Hall–Kier alpha value is -0.0900. The molecule has 15 heavy (non-hydrogen) atoms. The van der Waals surface area contributed by atoms with Gasteiger partial charge >= 0.3 is 0 Å². The van der Waals surface area contributed by atoms with Gasteiger partial charge in [-0.3, -0.25) is 0 Å². The molecule has 90 valence electrons. The van der Waals surface area contributed by atoms with E-state index in [0.717, 1.165) is 19.3 Å². The second kappa shape index (κ2) is 5.30. The zero-order valence-electron chi connectivity index (χ0n) is 9.65. The van der Waals surface area contributed by atoms with Crippen LogP contribution in [0.3, 0.4) is 0 Å². The first kappa shape index (κ1) is 13.0. The van der Waals surface area contributed by atoms with E-state index in [2.05, 4.69) is 13.8 Å². The maximum absolute atomic E-state index is 11.2. The van der Waals surface area contributed by atoms with Crippen LogP contribution in [0.25, 0.3) is 0 Å². The zero-order valence-corrected chi connectivity index (χ0v) is 10.5. The summed E-state index contributed by atoms with van der Waals surface area (Å²) in [5.41, 5.74) is 0. The summed E-state index contributed by atoms with van der Waals surface area (Å²) in [5.74, 6) is 0.923. The van der Waals surface area contributed by atoms with Crippen LogP contribution in [0.4, 0.5) is 0 Å². The van der Waals surface area contributed by atoms with Gasteiger partial charge in [0.15, 0.2) is 9.84 Å². The fraction of sp³-hybridized carbons (Fsp3) is 1.00. The summed E-state index contributed by atoms with van der Waals surface area (Å²) in [6.45, 7) is 4.25. The molecule has 1 fully saturated rings. The molecular weight excluding hydrogens is 212 g/mol. The van der Waals surface area contributed by atoms with Gasteiger partial charge < -0.3 is 5.11 Å². The molecule has 3 atom stereocenters. The van der Waals surface area contributed by atoms with Crippen LogP contribution in [-0.2, 0) is 9.84 Å². The molecule has 1 N–H and O–H groups in total. The molecule has 0 amide bonds. The van der Waals surface area contributed by atoms with Gasteiger partial charge in [0, 0.05) is 0 Å². The molecule has 3 nitrogen and oxygen atoms in total. The minimum Gasteiger partial charge on any atom is -0.393 e. The van der Waals surface area contributed by atoms with Crippen molar-refractivity contribution in [3.05, 3.63) is 0 Å². The van der Waals surface area contributed by atoms with Gasteiger partial charge in [0.2, 0.25) is 0 Å². The minimum absolute atomic E-state index is 0.0192. The van der Waals surface area contributed by atoms with Crippen LogP contribution >= 0.6 is 0 Å². The Labute approximate surface area is 92.8 Å². The first-order chi connectivity index (χ1) is 6.94. The van der Waals surface area contributed by atoms with Crippen molar-refractivity contribution in [1.29, 1.82) is 0 Å². The van der Waals surface area contributed by atoms with Gasteiger partial charge in [-0.05, 0) is 24.7 Å². The molecule has 3 unspecified atom stereocenters. The molecular formula is C11H22O3S. The Morgan fingerprint density at radius 2 is 2.13 bits per heavy atom. The summed E-state index contributed by atoms with van der Waals surface area (Å²) in [7, 11) is -2.85. The summed E-state index contributed by atoms with van der Waals surface area (Å²) in [4.78, 5) is 0. The van der Waals surface area contributed by atoms with Crippen LogP contribution in [0, 0.1) is 11.8 Å². The second-order valence-electron chi connectivity index (χ2n) is 4.86. The molecule has 1 aliphatic rings. The van der Waals surface area contributed by atoms with Gasteiger partial charge in [-0.25, -0.2) is 8.42 Å². The van der Waals surface area contributed by atoms with Gasteiger partial charge in [-0.15, -0.1) is 0 Å². The Morgan fingerprint density at radius 3 is 2.60 bits per heavy atom. The van der Waals surface area contributed by atoms with Crippen molar-refractivity contribution >= 4 is 9.84 Å². The van der Waals surface area contributed by atoms with Crippen LogP contribution in [0.1, 0.15) is 39.5 Å². The largest absolute Gasteiger partial charge is 0.393 e. The Morgan fingerprint density at radius 1 is 1.47 bits per heavy atom. The summed E-state index contributed by atoms with van der Waals surface area (Å²) < 4.78 is 22.5. The number of rotatable bonds is 5. The Kier molecular flexibility index (Phi) is 4.59. The Bertz CT molecular complexity index is 284. The standard InChI is InChI=1S/C11H22O3S/c1-3-4-9(2)7-11(12)10-5-6-15(13,14)8-10/h9-12H,3-8H2,1-2H3. The van der Waals surface area contributed by atoms with Gasteiger partial charge in [0.1, 0.15) is 0 Å². The van der Waals surface area contributed by atoms with Crippen molar-refractivity contribution in [2.24, 2.45) is 11.8 Å². The van der Waals surface area contributed by atoms with Crippen molar-refractivity contribution in [3.63, 3.8) is 0 Å². The third kappa shape index (κ3) is 4.11. The molecule has 1 aliphatic heterocycles. The van der Waals surface area contributed by atoms with E-state index in [1.807, 2.05) is 0 Å². The van der Waals surface area contributed by atoms with E-state index < -0.39 is 15.9 Å². The van der Waals surface area contributed by atoms with Crippen molar-refractivity contribution in [2.75, 3.05) is 11.5 Å². The van der Waals surface area contributed by atoms with Crippen molar-refractivity contribution in [1.82, 2.24) is 0 Å². The maximum atomic E-state index is 11.2.